The van der Waals surface area contributed by atoms with E-state index in [1.807, 2.05) is 26.0 Å². The maximum atomic E-state index is 10.6. The molecule has 0 saturated carbocycles. The van der Waals surface area contributed by atoms with Crippen molar-refractivity contribution in [1.29, 1.82) is 0 Å². The Morgan fingerprint density at radius 3 is 2.72 bits per heavy atom. The summed E-state index contributed by atoms with van der Waals surface area (Å²) in [7, 11) is 0. The van der Waals surface area contributed by atoms with Crippen molar-refractivity contribution in [3.63, 3.8) is 0 Å². The molecule has 0 fully saturated rings. The Balaban J connectivity index is 2.17. The minimum absolute atomic E-state index is 0.0140. The van der Waals surface area contributed by atoms with Crippen molar-refractivity contribution in [3.05, 3.63) is 58.0 Å². The topological polar surface area (TPSA) is 68.3 Å². The molecule has 0 bridgehead atoms. The van der Waals surface area contributed by atoms with Gasteiger partial charge in [0.2, 0.25) is 0 Å². The van der Waals surface area contributed by atoms with Gasteiger partial charge in [0.15, 0.2) is 0 Å². The van der Waals surface area contributed by atoms with Crippen molar-refractivity contribution >= 4 is 11.4 Å². The van der Waals surface area contributed by atoms with Crippen LogP contribution >= 0.6 is 0 Å². The van der Waals surface area contributed by atoms with E-state index >= 15 is 0 Å². The highest BCUT2D eigenvalue weighted by Crippen LogP contribution is 2.25. The molecule has 0 radical (unpaired) electrons. The number of rotatable bonds is 4. The number of benzene rings is 1. The zero-order chi connectivity index (χ0) is 13.1. The molecule has 0 aliphatic heterocycles. The number of furan rings is 1. The quantitative estimate of drug-likeness (QED) is 0.660. The lowest BCUT2D eigenvalue weighted by molar-refractivity contribution is -0.384. The fourth-order valence-electron chi connectivity index (χ4n) is 1.77. The molecule has 2 rings (SSSR count). The summed E-state index contributed by atoms with van der Waals surface area (Å²) in [6.07, 6.45) is 1.62. The number of nitrogens with one attached hydrogen (secondary N) is 1. The van der Waals surface area contributed by atoms with E-state index in [9.17, 15) is 10.1 Å². The molecule has 5 heteroatoms. The molecule has 0 aliphatic carbocycles. The van der Waals surface area contributed by atoms with Crippen molar-refractivity contribution in [1.82, 2.24) is 0 Å². The Bertz CT molecular complexity index is 549. The molecule has 1 unspecified atom stereocenters. The van der Waals surface area contributed by atoms with E-state index in [4.69, 9.17) is 4.42 Å². The van der Waals surface area contributed by atoms with Crippen LogP contribution < -0.4 is 5.32 Å². The number of anilines is 1. The van der Waals surface area contributed by atoms with Gasteiger partial charge in [0.25, 0.3) is 5.69 Å². The maximum Gasteiger partial charge on any atom is 0.269 e. The molecule has 18 heavy (non-hydrogen) atoms. The van der Waals surface area contributed by atoms with Crippen LogP contribution in [0.15, 0.2) is 41.0 Å². The summed E-state index contributed by atoms with van der Waals surface area (Å²) in [5.41, 5.74) is 1.80. The molecule has 0 spiro atoms. The second-order valence-electron chi connectivity index (χ2n) is 4.14. The van der Waals surface area contributed by atoms with Crippen LogP contribution in [0.25, 0.3) is 0 Å². The predicted molar refractivity (Wildman–Crippen MR) is 68.6 cm³/mol. The first-order valence-corrected chi connectivity index (χ1v) is 5.63. The molecule has 1 N–H and O–H groups in total. The fourth-order valence-corrected chi connectivity index (χ4v) is 1.77. The number of non-ortho nitro benzene ring substituents is 1. The van der Waals surface area contributed by atoms with E-state index in [0.29, 0.717) is 0 Å². The molecule has 2 aromatic rings. The molecule has 0 aliphatic rings. The average Bonchev–Trinajstić information content (AvgIpc) is 2.85. The Kier molecular flexibility index (Phi) is 3.32. The van der Waals surface area contributed by atoms with Crippen molar-refractivity contribution in [2.24, 2.45) is 0 Å². The summed E-state index contributed by atoms with van der Waals surface area (Å²) in [5, 5.41) is 13.9. The lowest BCUT2D eigenvalue weighted by Gasteiger charge is -2.14. The number of aryl methyl sites for hydroxylation is 1. The molecular weight excluding hydrogens is 232 g/mol. The summed E-state index contributed by atoms with van der Waals surface area (Å²) >= 11 is 0. The van der Waals surface area contributed by atoms with E-state index in [0.717, 1.165) is 17.0 Å². The fraction of sp³-hybridized carbons (Fsp3) is 0.231. The standard InChI is InChI=1S/C13H14N2O3/c1-9-8-11(15(16)17)5-6-12(9)14-10(2)13-4-3-7-18-13/h3-8,10,14H,1-2H3. The summed E-state index contributed by atoms with van der Waals surface area (Å²) < 4.78 is 5.30. The Hall–Kier alpha value is -2.30. The minimum atomic E-state index is -0.396. The second kappa shape index (κ2) is 4.91. The Morgan fingerprint density at radius 2 is 2.17 bits per heavy atom. The molecule has 5 nitrogen and oxygen atoms in total. The van der Waals surface area contributed by atoms with Crippen LogP contribution in [0.2, 0.25) is 0 Å². The predicted octanol–water partition coefficient (Wildman–Crippen LogP) is 3.67. The first-order chi connectivity index (χ1) is 8.58. The first kappa shape index (κ1) is 12.2. The van der Waals surface area contributed by atoms with Crippen LogP contribution in [0.3, 0.4) is 0 Å². The number of nitrogens with zero attached hydrogens (tertiary/aromatic N) is 1. The summed E-state index contributed by atoms with van der Waals surface area (Å²) in [6, 6.07) is 8.49. The highest BCUT2D eigenvalue weighted by Gasteiger charge is 2.12. The van der Waals surface area contributed by atoms with Crippen LogP contribution in [0, 0.1) is 17.0 Å². The molecule has 1 heterocycles. The SMILES string of the molecule is Cc1cc([N+](=O)[O-])ccc1NC(C)c1ccco1. The third kappa shape index (κ3) is 2.51. The van der Waals surface area contributed by atoms with Gasteiger partial charge in [-0.1, -0.05) is 0 Å². The lowest BCUT2D eigenvalue weighted by atomic mass is 10.1. The van der Waals surface area contributed by atoms with Crippen LogP contribution in [-0.2, 0) is 0 Å². The van der Waals surface area contributed by atoms with Crippen molar-refractivity contribution < 1.29 is 9.34 Å². The monoisotopic (exact) mass is 246 g/mol. The van der Waals surface area contributed by atoms with Crippen molar-refractivity contribution in [2.75, 3.05) is 5.32 Å². The van der Waals surface area contributed by atoms with Gasteiger partial charge in [-0.15, -0.1) is 0 Å². The molecule has 0 saturated heterocycles. The van der Waals surface area contributed by atoms with E-state index in [1.165, 1.54) is 6.07 Å². The van der Waals surface area contributed by atoms with Gasteiger partial charge in [-0.2, -0.15) is 0 Å². The highest BCUT2D eigenvalue weighted by molar-refractivity contribution is 5.56. The third-order valence-electron chi connectivity index (χ3n) is 2.76. The number of hydrogen-bond donors (Lipinski definition) is 1. The van der Waals surface area contributed by atoms with Gasteiger partial charge in [-0.05, 0) is 37.6 Å². The van der Waals surface area contributed by atoms with Gasteiger partial charge in [0.05, 0.1) is 17.2 Å². The zero-order valence-electron chi connectivity index (χ0n) is 10.2. The molecular formula is C13H14N2O3. The Labute approximate surface area is 105 Å². The summed E-state index contributed by atoms with van der Waals surface area (Å²) in [4.78, 5) is 10.2. The number of nitro groups is 1. The van der Waals surface area contributed by atoms with Gasteiger partial charge >= 0.3 is 0 Å². The Morgan fingerprint density at radius 1 is 1.39 bits per heavy atom. The highest BCUT2D eigenvalue weighted by atomic mass is 16.6. The molecule has 94 valence electrons. The van der Waals surface area contributed by atoms with Gasteiger partial charge in [-0.3, -0.25) is 10.1 Å². The normalized spacial score (nSPS) is 12.1. The first-order valence-electron chi connectivity index (χ1n) is 5.63. The van der Waals surface area contributed by atoms with Crippen LogP contribution in [-0.4, -0.2) is 4.92 Å². The average molecular weight is 246 g/mol. The smallest absolute Gasteiger partial charge is 0.269 e. The lowest BCUT2D eigenvalue weighted by Crippen LogP contribution is -2.06. The van der Waals surface area contributed by atoms with Crippen LogP contribution in [0.4, 0.5) is 11.4 Å². The van der Waals surface area contributed by atoms with Gasteiger partial charge in [0.1, 0.15) is 5.76 Å². The van der Waals surface area contributed by atoms with Gasteiger partial charge in [-0.25, -0.2) is 0 Å². The molecule has 1 atom stereocenters. The van der Waals surface area contributed by atoms with E-state index in [-0.39, 0.29) is 11.7 Å². The van der Waals surface area contributed by atoms with Crippen molar-refractivity contribution in [3.8, 4) is 0 Å². The van der Waals surface area contributed by atoms with Crippen molar-refractivity contribution in [2.45, 2.75) is 19.9 Å². The number of hydrogen-bond acceptors (Lipinski definition) is 4. The number of nitro benzene ring substituents is 1. The van der Waals surface area contributed by atoms with Crippen LogP contribution in [0.5, 0.6) is 0 Å². The molecule has 1 aromatic heterocycles. The maximum absolute atomic E-state index is 10.6. The minimum Gasteiger partial charge on any atom is -0.467 e. The third-order valence-corrected chi connectivity index (χ3v) is 2.76. The summed E-state index contributed by atoms with van der Waals surface area (Å²) in [5.74, 6) is 0.827. The molecule has 1 aromatic carbocycles. The zero-order valence-corrected chi connectivity index (χ0v) is 10.2. The summed E-state index contributed by atoms with van der Waals surface area (Å²) in [6.45, 7) is 3.81. The van der Waals surface area contributed by atoms with Gasteiger partial charge in [0, 0.05) is 17.8 Å². The second-order valence-corrected chi connectivity index (χ2v) is 4.14. The van der Waals surface area contributed by atoms with E-state index < -0.39 is 4.92 Å². The van der Waals surface area contributed by atoms with Gasteiger partial charge < -0.3 is 9.73 Å². The van der Waals surface area contributed by atoms with Crippen LogP contribution in [0.1, 0.15) is 24.3 Å². The van der Waals surface area contributed by atoms with E-state index in [1.54, 1.807) is 18.4 Å². The molecule has 0 amide bonds. The van der Waals surface area contributed by atoms with E-state index in [2.05, 4.69) is 5.32 Å². The largest absolute Gasteiger partial charge is 0.467 e.